The summed E-state index contributed by atoms with van der Waals surface area (Å²) in [6, 6.07) is 8.71. The molecule has 0 bridgehead atoms. The van der Waals surface area contributed by atoms with Gasteiger partial charge < -0.3 is 10.8 Å². The molecule has 0 aliphatic heterocycles. The number of phenolic OH excluding ortho intramolecular Hbond substituents is 1. The Labute approximate surface area is 122 Å². The summed E-state index contributed by atoms with van der Waals surface area (Å²) in [6.07, 6.45) is 0.619. The molecular weight excluding hydrogens is 266 g/mol. The molecule has 6 heteroatoms. The minimum atomic E-state index is -0.284. The molecule has 0 spiro atoms. The highest BCUT2D eigenvalue weighted by Crippen LogP contribution is 2.18. The van der Waals surface area contributed by atoms with E-state index < -0.39 is 0 Å². The van der Waals surface area contributed by atoms with E-state index in [4.69, 9.17) is 5.73 Å². The summed E-state index contributed by atoms with van der Waals surface area (Å²) in [4.78, 5) is 4.36. The van der Waals surface area contributed by atoms with Gasteiger partial charge in [-0.25, -0.2) is 4.98 Å². The summed E-state index contributed by atoms with van der Waals surface area (Å²) in [5.74, 6) is 1.52. The predicted octanol–water partition coefficient (Wildman–Crippen LogP) is 1.69. The molecule has 3 N–H and O–H groups in total. The lowest BCUT2D eigenvalue weighted by Crippen LogP contribution is -2.17. The van der Waals surface area contributed by atoms with Crippen molar-refractivity contribution in [3.05, 3.63) is 53.1 Å². The number of fused-ring (bicyclic) bond motifs is 1. The maximum Gasteiger partial charge on any atom is 0.255 e. The number of nitrogens with zero attached hydrogens (tertiary/aromatic N) is 4. The first-order valence-corrected chi connectivity index (χ1v) is 6.77. The Balaban J connectivity index is 1.94. The van der Waals surface area contributed by atoms with Gasteiger partial charge in [-0.3, -0.25) is 4.40 Å². The van der Waals surface area contributed by atoms with Crippen LogP contribution in [0.2, 0.25) is 0 Å². The highest BCUT2D eigenvalue weighted by Gasteiger charge is 2.17. The topological polar surface area (TPSA) is 89.3 Å². The second-order valence-electron chi connectivity index (χ2n) is 5.21. The molecule has 21 heavy (non-hydrogen) atoms. The van der Waals surface area contributed by atoms with E-state index in [0.717, 1.165) is 17.0 Å². The van der Waals surface area contributed by atoms with Crippen LogP contribution in [-0.2, 0) is 6.42 Å². The van der Waals surface area contributed by atoms with Crippen LogP contribution in [0, 0.1) is 13.8 Å². The van der Waals surface area contributed by atoms with Gasteiger partial charge in [0.15, 0.2) is 5.82 Å². The molecule has 0 aliphatic rings. The number of hydrogen-bond donors (Lipinski definition) is 2. The molecule has 1 aromatic carbocycles. The minimum absolute atomic E-state index is 0.246. The first-order chi connectivity index (χ1) is 10.0. The van der Waals surface area contributed by atoms with Gasteiger partial charge in [-0.2, -0.15) is 0 Å². The first kappa shape index (κ1) is 13.5. The van der Waals surface area contributed by atoms with Crippen LogP contribution < -0.4 is 5.73 Å². The Bertz CT molecular complexity index is 779. The Morgan fingerprint density at radius 1 is 1.19 bits per heavy atom. The number of aryl methyl sites for hydroxylation is 2. The molecule has 0 aliphatic carbocycles. The van der Waals surface area contributed by atoms with Crippen molar-refractivity contribution in [1.29, 1.82) is 0 Å². The maximum absolute atomic E-state index is 9.31. The molecule has 0 radical (unpaired) electrons. The zero-order valence-electron chi connectivity index (χ0n) is 12.0. The van der Waals surface area contributed by atoms with Crippen molar-refractivity contribution in [2.24, 2.45) is 5.73 Å². The van der Waals surface area contributed by atoms with Gasteiger partial charge in [0.25, 0.3) is 5.78 Å². The molecule has 0 saturated heterocycles. The minimum Gasteiger partial charge on any atom is -0.508 e. The summed E-state index contributed by atoms with van der Waals surface area (Å²) in [6.45, 7) is 3.92. The molecule has 0 amide bonds. The lowest BCUT2D eigenvalue weighted by molar-refractivity contribution is 0.475. The summed E-state index contributed by atoms with van der Waals surface area (Å²) >= 11 is 0. The van der Waals surface area contributed by atoms with Crippen LogP contribution in [-0.4, -0.2) is 24.7 Å². The quantitative estimate of drug-likeness (QED) is 0.763. The summed E-state index contributed by atoms with van der Waals surface area (Å²) in [5.41, 5.74) is 9.23. The monoisotopic (exact) mass is 283 g/mol. The highest BCUT2D eigenvalue weighted by molar-refractivity contribution is 5.34. The van der Waals surface area contributed by atoms with Crippen molar-refractivity contribution in [3.63, 3.8) is 0 Å². The van der Waals surface area contributed by atoms with Crippen LogP contribution >= 0.6 is 0 Å². The van der Waals surface area contributed by atoms with Gasteiger partial charge in [0, 0.05) is 11.4 Å². The predicted molar refractivity (Wildman–Crippen MR) is 79.0 cm³/mol. The number of aromatic nitrogens is 4. The van der Waals surface area contributed by atoms with Crippen LogP contribution in [0.1, 0.15) is 28.8 Å². The summed E-state index contributed by atoms with van der Waals surface area (Å²) in [7, 11) is 0. The Hall–Kier alpha value is -2.47. The normalized spacial score (nSPS) is 12.7. The Morgan fingerprint density at radius 3 is 2.62 bits per heavy atom. The molecule has 2 aromatic heterocycles. The molecule has 1 atom stereocenters. The molecule has 6 nitrogen and oxygen atoms in total. The van der Waals surface area contributed by atoms with Crippen LogP contribution in [0.25, 0.3) is 5.78 Å². The van der Waals surface area contributed by atoms with E-state index in [2.05, 4.69) is 15.2 Å². The molecule has 3 rings (SSSR count). The molecular formula is C15H17N5O. The van der Waals surface area contributed by atoms with Gasteiger partial charge >= 0.3 is 0 Å². The van der Waals surface area contributed by atoms with Crippen LogP contribution in [0.5, 0.6) is 5.75 Å². The van der Waals surface area contributed by atoms with Gasteiger partial charge in [0.05, 0.1) is 6.04 Å². The molecule has 1 unspecified atom stereocenters. The van der Waals surface area contributed by atoms with Crippen molar-refractivity contribution in [1.82, 2.24) is 19.6 Å². The molecule has 0 saturated carbocycles. The summed E-state index contributed by atoms with van der Waals surface area (Å²) < 4.78 is 1.89. The van der Waals surface area contributed by atoms with Crippen molar-refractivity contribution < 1.29 is 5.11 Å². The van der Waals surface area contributed by atoms with E-state index >= 15 is 0 Å². The zero-order chi connectivity index (χ0) is 15.0. The maximum atomic E-state index is 9.31. The Morgan fingerprint density at radius 2 is 1.90 bits per heavy atom. The third kappa shape index (κ3) is 2.57. The average molecular weight is 283 g/mol. The Kier molecular flexibility index (Phi) is 3.31. The number of rotatable bonds is 3. The van der Waals surface area contributed by atoms with E-state index in [1.54, 1.807) is 12.1 Å². The fraction of sp³-hybridized carbons (Fsp3) is 0.267. The zero-order valence-corrected chi connectivity index (χ0v) is 12.0. The lowest BCUT2D eigenvalue weighted by Gasteiger charge is -2.11. The smallest absolute Gasteiger partial charge is 0.255 e. The third-order valence-corrected chi connectivity index (χ3v) is 3.44. The van der Waals surface area contributed by atoms with E-state index in [9.17, 15) is 5.11 Å². The number of phenols is 1. The fourth-order valence-electron chi connectivity index (χ4n) is 2.47. The SMILES string of the molecule is Cc1cc(C)n2c(C(N)Cc3ccc(O)cc3)nnc2n1. The number of nitrogens with two attached hydrogens (primary N) is 1. The van der Waals surface area contributed by atoms with Crippen LogP contribution in [0.3, 0.4) is 0 Å². The van der Waals surface area contributed by atoms with Gasteiger partial charge in [-0.15, -0.1) is 10.2 Å². The third-order valence-electron chi connectivity index (χ3n) is 3.44. The second kappa shape index (κ2) is 5.14. The van der Waals surface area contributed by atoms with Crippen molar-refractivity contribution >= 4 is 5.78 Å². The van der Waals surface area contributed by atoms with Gasteiger partial charge in [0.1, 0.15) is 5.75 Å². The van der Waals surface area contributed by atoms with E-state index in [0.29, 0.717) is 18.0 Å². The average Bonchev–Trinajstić information content (AvgIpc) is 2.85. The van der Waals surface area contributed by atoms with Crippen LogP contribution in [0.4, 0.5) is 0 Å². The van der Waals surface area contributed by atoms with Crippen molar-refractivity contribution in [3.8, 4) is 5.75 Å². The van der Waals surface area contributed by atoms with E-state index in [1.165, 1.54) is 0 Å². The van der Waals surface area contributed by atoms with Crippen LogP contribution in [0.15, 0.2) is 30.3 Å². The summed E-state index contributed by atoms with van der Waals surface area (Å²) in [5, 5.41) is 17.6. The van der Waals surface area contributed by atoms with Crippen molar-refractivity contribution in [2.75, 3.05) is 0 Å². The standard InChI is InChI=1S/C15H17N5O/c1-9-7-10(2)20-14(18-19-15(20)17-9)13(16)8-11-3-5-12(21)6-4-11/h3-7,13,21H,8,16H2,1-2H3. The van der Waals surface area contributed by atoms with Gasteiger partial charge in [-0.05, 0) is 44.0 Å². The molecule has 0 fully saturated rings. The second-order valence-corrected chi connectivity index (χ2v) is 5.21. The molecule has 2 heterocycles. The van der Waals surface area contributed by atoms with Gasteiger partial charge in [-0.1, -0.05) is 12.1 Å². The van der Waals surface area contributed by atoms with Crippen molar-refractivity contribution in [2.45, 2.75) is 26.3 Å². The number of benzene rings is 1. The first-order valence-electron chi connectivity index (χ1n) is 6.77. The largest absolute Gasteiger partial charge is 0.508 e. The number of aromatic hydroxyl groups is 1. The van der Waals surface area contributed by atoms with E-state index in [-0.39, 0.29) is 11.8 Å². The molecule has 3 aromatic rings. The number of hydrogen-bond acceptors (Lipinski definition) is 5. The highest BCUT2D eigenvalue weighted by atomic mass is 16.3. The van der Waals surface area contributed by atoms with Gasteiger partial charge in [0.2, 0.25) is 0 Å². The lowest BCUT2D eigenvalue weighted by atomic mass is 10.1. The fourth-order valence-corrected chi connectivity index (χ4v) is 2.47. The van der Waals surface area contributed by atoms with E-state index in [1.807, 2.05) is 36.4 Å². The molecule has 108 valence electrons.